The van der Waals surface area contributed by atoms with Crippen molar-refractivity contribution in [1.82, 2.24) is 0 Å². The maximum absolute atomic E-state index is 12.2. The van der Waals surface area contributed by atoms with E-state index in [9.17, 15) is 4.79 Å². The lowest BCUT2D eigenvalue weighted by molar-refractivity contribution is 0.102. The van der Waals surface area contributed by atoms with Crippen molar-refractivity contribution >= 4 is 17.3 Å². The molecular formula is C17H20N2O2. The van der Waals surface area contributed by atoms with Gasteiger partial charge in [0.25, 0.3) is 5.91 Å². The second kappa shape index (κ2) is 6.90. The van der Waals surface area contributed by atoms with E-state index >= 15 is 0 Å². The number of amides is 1. The zero-order valence-electron chi connectivity index (χ0n) is 12.3. The lowest BCUT2D eigenvalue weighted by atomic mass is 10.1. The average molecular weight is 284 g/mol. The second-order valence-corrected chi connectivity index (χ2v) is 5.07. The summed E-state index contributed by atoms with van der Waals surface area (Å²) in [6.45, 7) is 0.128. The van der Waals surface area contributed by atoms with Crippen LogP contribution in [0.2, 0.25) is 0 Å². The standard InChI is InChI=1S/C17H20N2O2/c1-19(2)16-5-3-4-14(12-16)17(21)18-15-8-6-13(7-9-15)10-11-20/h3-9,12,20H,10-11H2,1-2H3,(H,18,21). The Morgan fingerprint density at radius 2 is 1.86 bits per heavy atom. The third-order valence-electron chi connectivity index (χ3n) is 3.24. The highest BCUT2D eigenvalue weighted by Gasteiger charge is 2.07. The van der Waals surface area contributed by atoms with Crippen LogP contribution in [0.1, 0.15) is 15.9 Å². The maximum atomic E-state index is 12.2. The van der Waals surface area contributed by atoms with E-state index in [1.807, 2.05) is 61.5 Å². The van der Waals surface area contributed by atoms with Gasteiger partial charge in [-0.3, -0.25) is 4.79 Å². The number of aliphatic hydroxyl groups excluding tert-OH is 1. The molecule has 0 saturated carbocycles. The molecule has 0 aliphatic carbocycles. The summed E-state index contributed by atoms with van der Waals surface area (Å²) >= 11 is 0. The fraction of sp³-hybridized carbons (Fsp3) is 0.235. The van der Waals surface area contributed by atoms with Crippen LogP contribution >= 0.6 is 0 Å². The van der Waals surface area contributed by atoms with E-state index in [4.69, 9.17) is 5.11 Å². The minimum absolute atomic E-state index is 0.128. The molecule has 0 radical (unpaired) electrons. The van der Waals surface area contributed by atoms with Crippen LogP contribution in [0.3, 0.4) is 0 Å². The first kappa shape index (κ1) is 15.1. The molecule has 0 atom stereocenters. The number of rotatable bonds is 5. The zero-order valence-corrected chi connectivity index (χ0v) is 12.3. The zero-order chi connectivity index (χ0) is 15.2. The fourth-order valence-electron chi connectivity index (χ4n) is 2.01. The van der Waals surface area contributed by atoms with Gasteiger partial charge in [0.15, 0.2) is 0 Å². The van der Waals surface area contributed by atoms with Crippen LogP contribution < -0.4 is 10.2 Å². The van der Waals surface area contributed by atoms with Crippen molar-refractivity contribution in [3.63, 3.8) is 0 Å². The van der Waals surface area contributed by atoms with E-state index in [2.05, 4.69) is 5.32 Å². The molecule has 0 spiro atoms. The lowest BCUT2D eigenvalue weighted by Crippen LogP contribution is -2.14. The van der Waals surface area contributed by atoms with Gasteiger partial charge < -0.3 is 15.3 Å². The third kappa shape index (κ3) is 4.07. The van der Waals surface area contributed by atoms with Crippen molar-refractivity contribution in [2.75, 3.05) is 30.9 Å². The van der Waals surface area contributed by atoms with Crippen molar-refractivity contribution in [3.8, 4) is 0 Å². The van der Waals surface area contributed by atoms with Crippen molar-refractivity contribution in [3.05, 3.63) is 59.7 Å². The predicted molar refractivity (Wildman–Crippen MR) is 86.0 cm³/mol. The van der Waals surface area contributed by atoms with Gasteiger partial charge in [-0.1, -0.05) is 18.2 Å². The summed E-state index contributed by atoms with van der Waals surface area (Å²) in [5.41, 5.74) is 3.41. The van der Waals surface area contributed by atoms with Crippen LogP contribution in [0.4, 0.5) is 11.4 Å². The van der Waals surface area contributed by atoms with Crippen LogP contribution in [0.15, 0.2) is 48.5 Å². The van der Waals surface area contributed by atoms with Gasteiger partial charge in [-0.15, -0.1) is 0 Å². The Bertz CT molecular complexity index is 606. The Hall–Kier alpha value is -2.33. The molecule has 0 aromatic heterocycles. The van der Waals surface area contributed by atoms with Crippen LogP contribution in [-0.2, 0) is 6.42 Å². The molecule has 0 aliphatic heterocycles. The van der Waals surface area contributed by atoms with E-state index in [1.165, 1.54) is 0 Å². The molecule has 2 aromatic rings. The Labute approximate surface area is 125 Å². The molecule has 0 heterocycles. The summed E-state index contributed by atoms with van der Waals surface area (Å²) in [7, 11) is 3.88. The average Bonchev–Trinajstić information content (AvgIpc) is 2.49. The van der Waals surface area contributed by atoms with Crippen molar-refractivity contribution < 1.29 is 9.90 Å². The molecule has 4 nitrogen and oxygen atoms in total. The monoisotopic (exact) mass is 284 g/mol. The predicted octanol–water partition coefficient (Wildman–Crippen LogP) is 2.54. The topological polar surface area (TPSA) is 52.6 Å². The van der Waals surface area contributed by atoms with E-state index in [0.29, 0.717) is 12.0 Å². The molecule has 0 saturated heterocycles. The van der Waals surface area contributed by atoms with Crippen molar-refractivity contribution in [2.24, 2.45) is 0 Å². The van der Waals surface area contributed by atoms with E-state index in [0.717, 1.165) is 16.9 Å². The van der Waals surface area contributed by atoms with Gasteiger partial charge >= 0.3 is 0 Å². The highest BCUT2D eigenvalue weighted by atomic mass is 16.2. The van der Waals surface area contributed by atoms with Gasteiger partial charge in [0, 0.05) is 37.6 Å². The van der Waals surface area contributed by atoms with Gasteiger partial charge in [-0.05, 0) is 42.3 Å². The number of hydrogen-bond donors (Lipinski definition) is 2. The molecule has 1 amide bonds. The number of benzene rings is 2. The van der Waals surface area contributed by atoms with E-state index < -0.39 is 0 Å². The van der Waals surface area contributed by atoms with Crippen LogP contribution in [0, 0.1) is 0 Å². The molecule has 4 heteroatoms. The number of nitrogens with zero attached hydrogens (tertiary/aromatic N) is 1. The number of carbonyl (C=O) groups excluding carboxylic acids is 1. The SMILES string of the molecule is CN(C)c1cccc(C(=O)Nc2ccc(CCO)cc2)c1. The first-order chi connectivity index (χ1) is 10.1. The number of carbonyl (C=O) groups is 1. The lowest BCUT2D eigenvalue weighted by Gasteiger charge is -2.13. The minimum atomic E-state index is -0.131. The van der Waals surface area contributed by atoms with E-state index in [-0.39, 0.29) is 12.5 Å². The first-order valence-electron chi connectivity index (χ1n) is 6.88. The van der Waals surface area contributed by atoms with Gasteiger partial charge in [-0.25, -0.2) is 0 Å². The van der Waals surface area contributed by atoms with Crippen LogP contribution in [0.25, 0.3) is 0 Å². The summed E-state index contributed by atoms with van der Waals surface area (Å²) in [6, 6.07) is 15.0. The highest BCUT2D eigenvalue weighted by molar-refractivity contribution is 6.04. The summed E-state index contributed by atoms with van der Waals surface area (Å²) in [5, 5.41) is 11.8. The Balaban J connectivity index is 2.08. The van der Waals surface area contributed by atoms with Gasteiger partial charge in [0.05, 0.1) is 0 Å². The summed E-state index contributed by atoms with van der Waals surface area (Å²) in [6.07, 6.45) is 0.624. The summed E-state index contributed by atoms with van der Waals surface area (Å²) in [4.78, 5) is 14.2. The van der Waals surface area contributed by atoms with Gasteiger partial charge in [0.1, 0.15) is 0 Å². The van der Waals surface area contributed by atoms with Crippen molar-refractivity contribution in [2.45, 2.75) is 6.42 Å². The molecule has 0 unspecified atom stereocenters. The molecular weight excluding hydrogens is 264 g/mol. The maximum Gasteiger partial charge on any atom is 0.255 e. The van der Waals surface area contributed by atoms with Crippen LogP contribution in [0.5, 0.6) is 0 Å². The smallest absolute Gasteiger partial charge is 0.255 e. The van der Waals surface area contributed by atoms with Gasteiger partial charge in [0.2, 0.25) is 0 Å². The fourth-order valence-corrected chi connectivity index (χ4v) is 2.01. The van der Waals surface area contributed by atoms with Gasteiger partial charge in [-0.2, -0.15) is 0 Å². The van der Waals surface area contributed by atoms with Crippen molar-refractivity contribution in [1.29, 1.82) is 0 Å². The number of hydrogen-bond acceptors (Lipinski definition) is 3. The Kier molecular flexibility index (Phi) is 4.95. The third-order valence-corrected chi connectivity index (χ3v) is 3.24. The molecule has 2 N–H and O–H groups in total. The summed E-state index contributed by atoms with van der Waals surface area (Å²) in [5.74, 6) is -0.131. The first-order valence-corrected chi connectivity index (χ1v) is 6.88. The van der Waals surface area contributed by atoms with Crippen LogP contribution in [-0.4, -0.2) is 31.7 Å². The number of anilines is 2. The van der Waals surface area contributed by atoms with E-state index in [1.54, 1.807) is 6.07 Å². The molecule has 21 heavy (non-hydrogen) atoms. The largest absolute Gasteiger partial charge is 0.396 e. The quantitative estimate of drug-likeness (QED) is 0.887. The number of nitrogens with one attached hydrogen (secondary N) is 1. The molecule has 2 rings (SSSR count). The molecule has 0 bridgehead atoms. The molecule has 0 aliphatic rings. The Morgan fingerprint density at radius 3 is 2.48 bits per heavy atom. The molecule has 0 fully saturated rings. The normalized spacial score (nSPS) is 10.2. The second-order valence-electron chi connectivity index (χ2n) is 5.07. The molecule has 110 valence electrons. The highest BCUT2D eigenvalue weighted by Crippen LogP contribution is 2.16. The summed E-state index contributed by atoms with van der Waals surface area (Å²) < 4.78 is 0. The minimum Gasteiger partial charge on any atom is -0.396 e. The number of aliphatic hydroxyl groups is 1. The Morgan fingerprint density at radius 1 is 1.14 bits per heavy atom. The molecule has 2 aromatic carbocycles.